The third kappa shape index (κ3) is 6.30. The molecule has 0 aromatic carbocycles. The zero-order valence-electron chi connectivity index (χ0n) is 12.9. The molecule has 2 unspecified atom stereocenters. The molecule has 0 fully saturated rings. The van der Waals surface area contributed by atoms with Crippen molar-refractivity contribution in [1.82, 2.24) is 4.98 Å². The van der Waals surface area contributed by atoms with Crippen LogP contribution in [0.15, 0.2) is 60.5 Å². The van der Waals surface area contributed by atoms with Gasteiger partial charge < -0.3 is 10.1 Å². The quantitative estimate of drug-likeness (QED) is 0.374. The molecule has 2 aliphatic rings. The number of aromatic nitrogens is 1. The summed E-state index contributed by atoms with van der Waals surface area (Å²) in [7, 11) is 0. The van der Waals surface area contributed by atoms with Crippen molar-refractivity contribution in [1.29, 1.82) is 0 Å². The molecule has 23 heavy (non-hydrogen) atoms. The molecule has 2 heterocycles. The number of allylic oxidation sites excluding steroid dienone is 6. The van der Waals surface area contributed by atoms with Gasteiger partial charge in [-0.3, -0.25) is 10.9 Å². The van der Waals surface area contributed by atoms with Crippen LogP contribution in [0.5, 0.6) is 0 Å². The van der Waals surface area contributed by atoms with Crippen molar-refractivity contribution in [3.05, 3.63) is 72.3 Å². The number of nitrogens with zero attached hydrogens (tertiary/aromatic N) is 1. The topological polar surface area (TPSA) is 50.2 Å². The first-order chi connectivity index (χ1) is 10.6. The molecule has 1 aromatic rings. The van der Waals surface area contributed by atoms with Crippen LogP contribution in [0.25, 0.3) is 4.91 Å². The van der Waals surface area contributed by atoms with Gasteiger partial charge in [0.05, 0.1) is 5.76 Å². The van der Waals surface area contributed by atoms with E-state index in [-0.39, 0.29) is 31.6 Å². The van der Waals surface area contributed by atoms with Gasteiger partial charge >= 0.3 is 0 Å². The summed E-state index contributed by atoms with van der Waals surface area (Å²) in [4.78, 5) is 15.6. The third-order valence-corrected chi connectivity index (χ3v) is 4.23. The molecule has 1 aliphatic heterocycles. The van der Waals surface area contributed by atoms with Crippen LogP contribution in [0.4, 0.5) is 0 Å². The molecular weight excluding hydrogens is 486 g/mol. The molecule has 123 valence electrons. The molecule has 0 saturated carbocycles. The van der Waals surface area contributed by atoms with E-state index < -0.39 is 0 Å². The van der Waals surface area contributed by atoms with Crippen molar-refractivity contribution < 1.29 is 30.0 Å². The predicted molar refractivity (Wildman–Crippen MR) is 91.1 cm³/mol. The first-order valence-corrected chi connectivity index (χ1v) is 7.88. The molecule has 2 atom stereocenters. The molecule has 0 bridgehead atoms. The number of ketones is 1. The summed E-state index contributed by atoms with van der Waals surface area (Å²) in [6, 6.07) is 6.00. The number of aliphatic hydroxyl groups is 1. The van der Waals surface area contributed by atoms with Crippen LogP contribution < -0.4 is 0 Å². The van der Waals surface area contributed by atoms with Gasteiger partial charge in [0.25, 0.3) is 0 Å². The molecule has 3 rings (SSSR count). The van der Waals surface area contributed by atoms with Crippen molar-refractivity contribution in [2.75, 3.05) is 0 Å². The molecule has 1 aromatic heterocycles. The number of fused-ring (bicyclic) bond motifs is 1. The Labute approximate surface area is 154 Å². The maximum atomic E-state index is 10.0. The van der Waals surface area contributed by atoms with Crippen molar-refractivity contribution in [2.45, 2.75) is 19.1 Å². The van der Waals surface area contributed by atoms with Gasteiger partial charge in [-0.1, -0.05) is 42.0 Å². The molecule has 0 amide bonds. The van der Waals surface area contributed by atoms with E-state index in [1.807, 2.05) is 36.2 Å². The number of hydrogen-bond acceptors (Lipinski definition) is 4. The van der Waals surface area contributed by atoms with Gasteiger partial charge in [-0.25, -0.2) is 0 Å². The third-order valence-electron chi connectivity index (χ3n) is 2.95. The maximum Gasteiger partial charge on any atom is 0.155 e. The molecule has 1 N–H and O–H groups in total. The van der Waals surface area contributed by atoms with Crippen LogP contribution in [0.2, 0.25) is 0 Å². The minimum atomic E-state index is -0.125. The Hall–Kier alpha value is -1.42. The molecule has 1 radical (unpaired) electrons. The van der Waals surface area contributed by atoms with E-state index in [0.717, 1.165) is 5.69 Å². The minimum Gasteiger partial charge on any atom is -0.512 e. The first-order valence-electron chi connectivity index (χ1n) is 7.00. The summed E-state index contributed by atoms with van der Waals surface area (Å²) in [5.74, 6) is 0.365. The Morgan fingerprint density at radius 3 is 2.57 bits per heavy atom. The summed E-state index contributed by atoms with van der Waals surface area (Å²) in [6.07, 6.45) is 15.1. The first kappa shape index (κ1) is 19.6. The Morgan fingerprint density at radius 2 is 2.04 bits per heavy atom. The molecule has 0 saturated heterocycles. The zero-order chi connectivity index (χ0) is 15.9. The van der Waals surface area contributed by atoms with Gasteiger partial charge in [-0.2, -0.15) is 11.8 Å². The zero-order valence-corrected chi connectivity index (χ0v) is 16.1. The summed E-state index contributed by atoms with van der Waals surface area (Å²) >= 11 is 1.85. The Bertz CT molecular complexity index is 646. The summed E-state index contributed by atoms with van der Waals surface area (Å²) < 4.78 is 0. The second kappa shape index (κ2) is 9.66. The average molecular weight is 505 g/mol. The van der Waals surface area contributed by atoms with Gasteiger partial charge in [0.15, 0.2) is 5.78 Å². The number of aliphatic hydroxyl groups excluding tert-OH is 1. The number of pyridine rings is 1. The molecule has 5 heteroatoms. The SMILES string of the molecule is CC(=O)/C=C(/C)O.[C-]1=C(c2ccccn2)SC2C=CC=CC12.[Ir]. The van der Waals surface area contributed by atoms with E-state index in [0.29, 0.717) is 11.2 Å². The number of thioether (sulfide) groups is 1. The van der Waals surface area contributed by atoms with E-state index in [1.54, 1.807) is 0 Å². The fourth-order valence-corrected chi connectivity index (χ4v) is 3.27. The van der Waals surface area contributed by atoms with Gasteiger partial charge in [0, 0.05) is 37.6 Å². The Balaban J connectivity index is 0.000000287. The van der Waals surface area contributed by atoms with Crippen molar-refractivity contribution >= 4 is 22.5 Å². The standard InChI is InChI=1S/C13H10NS.C5H8O2.Ir/c1-2-7-12-10(5-1)9-13(15-12)11-6-3-4-8-14-11;1-4(6)3-5(2)7;/h1-8,10,12H;3,6H,1-2H3;/q-1;;/b;4-3-;. The maximum absolute atomic E-state index is 10.0. The normalized spacial score (nSPS) is 21.5. The summed E-state index contributed by atoms with van der Waals surface area (Å²) in [5, 5.41) is 8.88. The van der Waals surface area contributed by atoms with E-state index in [1.165, 1.54) is 24.8 Å². The van der Waals surface area contributed by atoms with Crippen LogP contribution >= 0.6 is 11.8 Å². The van der Waals surface area contributed by atoms with Crippen molar-refractivity contribution in [3.8, 4) is 0 Å². The fraction of sp³-hybridized carbons (Fsp3) is 0.222. The molecule has 3 nitrogen and oxygen atoms in total. The minimum absolute atomic E-state index is 0. The predicted octanol–water partition coefficient (Wildman–Crippen LogP) is 4.12. The summed E-state index contributed by atoms with van der Waals surface area (Å²) in [6.45, 7) is 2.85. The number of carbonyl (C=O) groups is 1. The number of rotatable bonds is 2. The molecular formula is C18H18IrNO2S-. The Morgan fingerprint density at radius 1 is 1.30 bits per heavy atom. The molecule has 1 aliphatic carbocycles. The van der Waals surface area contributed by atoms with Gasteiger partial charge in [-0.05, 0) is 19.9 Å². The van der Waals surface area contributed by atoms with E-state index in [9.17, 15) is 4.79 Å². The van der Waals surface area contributed by atoms with Crippen LogP contribution in [0.3, 0.4) is 0 Å². The van der Waals surface area contributed by atoms with Crippen molar-refractivity contribution in [2.24, 2.45) is 5.92 Å². The van der Waals surface area contributed by atoms with Crippen LogP contribution in [0, 0.1) is 12.0 Å². The average Bonchev–Trinajstić information content (AvgIpc) is 2.91. The monoisotopic (exact) mass is 505 g/mol. The van der Waals surface area contributed by atoms with E-state index >= 15 is 0 Å². The largest absolute Gasteiger partial charge is 0.512 e. The second-order valence-electron chi connectivity index (χ2n) is 4.96. The van der Waals surface area contributed by atoms with Crippen molar-refractivity contribution in [3.63, 3.8) is 0 Å². The Kier molecular flexibility index (Phi) is 8.24. The van der Waals surface area contributed by atoms with Crippen LogP contribution in [-0.4, -0.2) is 21.1 Å². The second-order valence-corrected chi connectivity index (χ2v) is 6.15. The smallest absolute Gasteiger partial charge is 0.155 e. The number of carbonyl (C=O) groups excluding carboxylic acids is 1. The van der Waals surface area contributed by atoms with Gasteiger partial charge in [0.2, 0.25) is 0 Å². The van der Waals surface area contributed by atoms with Gasteiger partial charge in [0.1, 0.15) is 0 Å². The van der Waals surface area contributed by atoms with E-state index in [4.69, 9.17) is 5.11 Å². The van der Waals surface area contributed by atoms with E-state index in [2.05, 4.69) is 35.4 Å². The van der Waals surface area contributed by atoms with Gasteiger partial charge in [-0.15, -0.1) is 11.0 Å². The van der Waals surface area contributed by atoms with Crippen LogP contribution in [0.1, 0.15) is 19.5 Å². The molecule has 0 spiro atoms. The van der Waals surface area contributed by atoms with Crippen LogP contribution in [-0.2, 0) is 24.9 Å². The fourth-order valence-electron chi connectivity index (χ4n) is 2.08. The summed E-state index contributed by atoms with van der Waals surface area (Å²) in [5.41, 5.74) is 1.04. The number of hydrogen-bond donors (Lipinski definition) is 1.